The van der Waals surface area contributed by atoms with Crippen molar-refractivity contribution in [2.24, 2.45) is 0 Å². The summed E-state index contributed by atoms with van der Waals surface area (Å²) in [6.07, 6.45) is 0. The molecule has 0 amide bonds. The van der Waals surface area contributed by atoms with E-state index in [0.717, 1.165) is 36.8 Å². The third-order valence-electron chi connectivity index (χ3n) is 4.60. The summed E-state index contributed by atoms with van der Waals surface area (Å²) >= 11 is 7.35. The summed E-state index contributed by atoms with van der Waals surface area (Å²) in [6, 6.07) is 8.35. The lowest BCUT2D eigenvalue weighted by molar-refractivity contribution is -0.00298. The van der Waals surface area contributed by atoms with Gasteiger partial charge in [-0.2, -0.15) is 4.79 Å². The Balaban J connectivity index is 2.65. The topological polar surface area (TPSA) is 36.4 Å². The molecule has 0 saturated heterocycles. The third-order valence-corrected chi connectivity index (χ3v) is 6.72. The average molecular weight is 532 g/mol. The number of hydrogen-bond acceptors (Lipinski definition) is 0. The van der Waals surface area contributed by atoms with E-state index in [-0.39, 0.29) is 5.41 Å². The normalized spacial score (nSPS) is 11.5. The maximum Gasteiger partial charge on any atom is 0.332 e. The van der Waals surface area contributed by atoms with Crippen molar-refractivity contribution in [3.8, 4) is 11.5 Å². The van der Waals surface area contributed by atoms with Gasteiger partial charge >= 0.3 is 5.71 Å². The van der Waals surface area contributed by atoms with E-state index in [1.165, 1.54) is 5.56 Å². The average Bonchev–Trinajstić information content (AvgIpc) is 2.55. The first-order valence-electron chi connectivity index (χ1n) is 9.61. The van der Waals surface area contributed by atoms with E-state index in [1.807, 2.05) is 12.1 Å². The van der Waals surface area contributed by atoms with Gasteiger partial charge in [-0.15, -0.1) is 5.54 Å². The molecule has 2 nitrogen and oxygen atoms in total. The van der Waals surface area contributed by atoms with Crippen LogP contribution in [0.25, 0.3) is 5.53 Å². The molecule has 0 saturated carbocycles. The summed E-state index contributed by atoms with van der Waals surface area (Å²) < 4.78 is 1.69. The second kappa shape index (κ2) is 8.74. The monoisotopic (exact) mass is 530 g/mol. The van der Waals surface area contributed by atoms with Gasteiger partial charge in [-0.05, 0) is 79.9 Å². The maximum atomic E-state index is 9.96. The first-order valence-corrected chi connectivity index (χ1v) is 14.7. The van der Waals surface area contributed by atoms with E-state index >= 15 is 0 Å². The molecule has 2 aromatic carbocycles. The molecule has 0 atom stereocenters. The zero-order valence-corrected chi connectivity index (χ0v) is 22.6. The van der Waals surface area contributed by atoms with Crippen LogP contribution < -0.4 is 0 Å². The Bertz CT molecular complexity index is 1020. The second-order valence-corrected chi connectivity index (χ2v) is 16.0. The van der Waals surface area contributed by atoms with Crippen LogP contribution >= 0.6 is 31.9 Å². The minimum absolute atomic E-state index is 0.0580. The highest BCUT2D eigenvalue weighted by Gasteiger charge is 2.27. The van der Waals surface area contributed by atoms with E-state index in [1.54, 1.807) is 0 Å². The Morgan fingerprint density at radius 2 is 1.41 bits per heavy atom. The SMILES string of the molecule is Cc1cc(C(C)(C)C)cc(C)c1C(=[N+]=[N-])c1c(Br)cc(C#C[Si](C)(C)C)cc1Br. The van der Waals surface area contributed by atoms with Crippen molar-refractivity contribution in [2.75, 3.05) is 0 Å². The van der Waals surface area contributed by atoms with Gasteiger partial charge in [-0.3, -0.25) is 0 Å². The van der Waals surface area contributed by atoms with Crippen LogP contribution in [-0.4, -0.2) is 18.6 Å². The first-order chi connectivity index (χ1) is 13.2. The van der Waals surface area contributed by atoms with E-state index in [0.29, 0.717) is 5.71 Å². The summed E-state index contributed by atoms with van der Waals surface area (Å²) in [7, 11) is -1.46. The largest absolute Gasteiger partial charge is 0.361 e. The van der Waals surface area contributed by atoms with Crippen LogP contribution in [0.3, 0.4) is 0 Å². The molecule has 2 rings (SSSR count). The molecule has 0 unspecified atom stereocenters. The van der Waals surface area contributed by atoms with Gasteiger partial charge in [0.2, 0.25) is 0 Å². The molecule has 0 aromatic heterocycles. The molecule has 0 fully saturated rings. The molecule has 2 aromatic rings. The zero-order valence-electron chi connectivity index (χ0n) is 18.5. The van der Waals surface area contributed by atoms with Crippen LogP contribution in [-0.2, 0) is 5.41 Å². The van der Waals surface area contributed by atoms with Crippen molar-refractivity contribution in [2.45, 2.75) is 59.7 Å². The van der Waals surface area contributed by atoms with Gasteiger partial charge in [0.25, 0.3) is 0 Å². The van der Waals surface area contributed by atoms with Crippen molar-refractivity contribution >= 4 is 45.6 Å². The lowest BCUT2D eigenvalue weighted by Gasteiger charge is -2.21. The minimum Gasteiger partial charge on any atom is -0.361 e. The molecule has 152 valence electrons. The summed E-state index contributed by atoms with van der Waals surface area (Å²) in [5.74, 6) is 3.29. The lowest BCUT2D eigenvalue weighted by atomic mass is 9.82. The smallest absolute Gasteiger partial charge is 0.332 e. The van der Waals surface area contributed by atoms with Crippen LogP contribution in [0.1, 0.15) is 54.2 Å². The molecule has 0 heterocycles. The van der Waals surface area contributed by atoms with E-state index in [9.17, 15) is 5.53 Å². The predicted octanol–water partition coefficient (Wildman–Crippen LogP) is 7.42. The van der Waals surface area contributed by atoms with Gasteiger partial charge in [0.1, 0.15) is 8.07 Å². The zero-order chi connectivity index (χ0) is 22.1. The molecule has 5 heteroatoms. The van der Waals surface area contributed by atoms with Crippen molar-refractivity contribution in [3.05, 3.63) is 72.1 Å². The first kappa shape index (κ1) is 23.8. The highest BCUT2D eigenvalue weighted by molar-refractivity contribution is 9.11. The van der Waals surface area contributed by atoms with E-state index in [2.05, 4.69) is 115 Å². The molecule has 0 N–H and O–H groups in total. The van der Waals surface area contributed by atoms with Crippen molar-refractivity contribution in [1.82, 2.24) is 0 Å². The van der Waals surface area contributed by atoms with Gasteiger partial charge in [-0.25, -0.2) is 0 Å². The Morgan fingerprint density at radius 1 is 0.931 bits per heavy atom. The maximum absolute atomic E-state index is 9.96. The molecular weight excluding hydrogens is 504 g/mol. The van der Waals surface area contributed by atoms with Crippen LogP contribution in [0.2, 0.25) is 19.6 Å². The van der Waals surface area contributed by atoms with Crippen LogP contribution in [0.15, 0.2) is 33.2 Å². The molecule has 0 bridgehead atoms. The lowest BCUT2D eigenvalue weighted by Crippen LogP contribution is -2.16. The predicted molar refractivity (Wildman–Crippen MR) is 134 cm³/mol. The Morgan fingerprint density at radius 3 is 1.79 bits per heavy atom. The van der Waals surface area contributed by atoms with Gasteiger partial charge in [-0.1, -0.05) is 58.5 Å². The number of halogens is 2. The van der Waals surface area contributed by atoms with Gasteiger partial charge in [0.15, 0.2) is 0 Å². The molecule has 0 aliphatic rings. The molecule has 0 radical (unpaired) electrons. The quantitative estimate of drug-likeness (QED) is 0.127. The highest BCUT2D eigenvalue weighted by atomic mass is 79.9. The summed E-state index contributed by atoms with van der Waals surface area (Å²) in [5, 5.41) is 0. The fraction of sp³-hybridized carbons (Fsp3) is 0.375. The fourth-order valence-corrected chi connectivity index (χ4v) is 5.21. The third kappa shape index (κ3) is 5.80. The van der Waals surface area contributed by atoms with Crippen molar-refractivity contribution < 1.29 is 4.79 Å². The number of hydrogen-bond donors (Lipinski definition) is 0. The molecular formula is C24H28Br2N2Si. The molecule has 29 heavy (non-hydrogen) atoms. The number of aryl methyl sites for hydroxylation is 2. The highest BCUT2D eigenvalue weighted by Crippen LogP contribution is 2.33. The van der Waals surface area contributed by atoms with Crippen molar-refractivity contribution in [3.63, 3.8) is 0 Å². The van der Waals surface area contributed by atoms with Gasteiger partial charge in [0, 0.05) is 14.5 Å². The minimum atomic E-state index is -1.46. The van der Waals surface area contributed by atoms with Gasteiger partial charge in [0.05, 0.1) is 11.1 Å². The van der Waals surface area contributed by atoms with Crippen LogP contribution in [0.4, 0.5) is 0 Å². The van der Waals surface area contributed by atoms with E-state index < -0.39 is 8.07 Å². The molecule has 0 aliphatic heterocycles. The fourth-order valence-electron chi connectivity index (χ4n) is 3.13. The van der Waals surface area contributed by atoms with E-state index in [4.69, 9.17) is 0 Å². The Kier molecular flexibility index (Phi) is 7.18. The molecule has 0 aliphatic carbocycles. The standard InChI is InChI=1S/C24H28Br2N2Si/c1-15-11-18(24(3,4)5)12-16(2)21(15)23(28-27)22-19(25)13-17(14-20(22)26)9-10-29(6,7)8/h11-14H,1-8H3. The Hall–Kier alpha value is -1.44. The molecule has 0 spiro atoms. The number of rotatable bonds is 2. The summed E-state index contributed by atoms with van der Waals surface area (Å²) in [6.45, 7) is 17.4. The van der Waals surface area contributed by atoms with Crippen LogP contribution in [0.5, 0.6) is 0 Å². The van der Waals surface area contributed by atoms with Crippen molar-refractivity contribution in [1.29, 1.82) is 0 Å². The van der Waals surface area contributed by atoms with Crippen LogP contribution in [0, 0.1) is 25.3 Å². The Labute approximate surface area is 193 Å². The number of benzene rings is 2. The van der Waals surface area contributed by atoms with Gasteiger partial charge < -0.3 is 5.53 Å². The number of nitrogens with zero attached hydrogens (tertiary/aromatic N) is 2. The summed E-state index contributed by atoms with van der Waals surface area (Å²) in [5.41, 5.74) is 20.1. The second-order valence-electron chi connectivity index (χ2n) is 9.50. The summed E-state index contributed by atoms with van der Waals surface area (Å²) in [4.78, 5) is 3.71.